The molecular weight excluding hydrogens is 232 g/mol. The Labute approximate surface area is 106 Å². The Morgan fingerprint density at radius 1 is 1.35 bits per heavy atom. The van der Waals surface area contributed by atoms with Gasteiger partial charge in [0.05, 0.1) is 0 Å². The first-order chi connectivity index (χ1) is 7.99. The van der Waals surface area contributed by atoms with Crippen LogP contribution in [0.5, 0.6) is 0 Å². The summed E-state index contributed by atoms with van der Waals surface area (Å²) in [5.74, 6) is 0. The molecule has 90 valence electrons. The van der Waals surface area contributed by atoms with E-state index in [1.807, 2.05) is 6.07 Å². The highest BCUT2D eigenvalue weighted by molar-refractivity contribution is 6.31. The van der Waals surface area contributed by atoms with Crippen molar-refractivity contribution in [2.75, 3.05) is 6.54 Å². The van der Waals surface area contributed by atoms with Crippen molar-refractivity contribution in [2.24, 2.45) is 0 Å². The number of H-pyrrole nitrogens is 1. The highest BCUT2D eigenvalue weighted by Gasteiger charge is 2.33. The number of rotatable bonds is 0. The fourth-order valence-electron chi connectivity index (χ4n) is 2.84. The summed E-state index contributed by atoms with van der Waals surface area (Å²) in [4.78, 5) is 3.53. The summed E-state index contributed by atoms with van der Waals surface area (Å²) < 4.78 is 0. The minimum absolute atomic E-state index is 0.144. The van der Waals surface area contributed by atoms with E-state index in [-0.39, 0.29) is 5.41 Å². The zero-order valence-corrected chi connectivity index (χ0v) is 11.2. The lowest BCUT2D eigenvalue weighted by atomic mass is 9.79. The van der Waals surface area contributed by atoms with Crippen LogP contribution in [0.25, 0.3) is 10.9 Å². The third-order valence-corrected chi connectivity index (χ3v) is 3.98. The number of halogens is 1. The van der Waals surface area contributed by atoms with E-state index in [0.29, 0.717) is 6.04 Å². The second-order valence-electron chi connectivity index (χ2n) is 5.59. The highest BCUT2D eigenvalue weighted by Crippen LogP contribution is 2.39. The smallest absolute Gasteiger partial charge is 0.0460 e. The largest absolute Gasteiger partial charge is 0.357 e. The molecule has 1 unspecified atom stereocenters. The average molecular weight is 249 g/mol. The van der Waals surface area contributed by atoms with E-state index in [1.165, 1.54) is 22.2 Å². The molecule has 2 heterocycles. The second kappa shape index (κ2) is 3.50. The second-order valence-corrected chi connectivity index (χ2v) is 6.03. The molecule has 0 bridgehead atoms. The SMILES string of the molecule is CC1NCC(C)(C)c2c1[nH]c1ccc(Cl)cc21. The molecule has 0 aliphatic carbocycles. The van der Waals surface area contributed by atoms with Crippen molar-refractivity contribution in [3.05, 3.63) is 34.5 Å². The Hall–Kier alpha value is -0.990. The first-order valence-electron chi connectivity index (χ1n) is 6.04. The highest BCUT2D eigenvalue weighted by atomic mass is 35.5. The summed E-state index contributed by atoms with van der Waals surface area (Å²) in [6.07, 6.45) is 0. The maximum absolute atomic E-state index is 6.12. The molecule has 3 rings (SSSR count). The lowest BCUT2D eigenvalue weighted by Crippen LogP contribution is -2.40. The van der Waals surface area contributed by atoms with Gasteiger partial charge in [-0.1, -0.05) is 25.4 Å². The number of benzene rings is 1. The van der Waals surface area contributed by atoms with Crippen LogP contribution in [0.15, 0.2) is 18.2 Å². The summed E-state index contributed by atoms with van der Waals surface area (Å²) >= 11 is 6.12. The van der Waals surface area contributed by atoms with Gasteiger partial charge in [-0.15, -0.1) is 0 Å². The molecular formula is C14H17ClN2. The zero-order chi connectivity index (χ0) is 12.2. The third kappa shape index (κ3) is 1.59. The summed E-state index contributed by atoms with van der Waals surface area (Å²) in [6, 6.07) is 6.46. The van der Waals surface area contributed by atoms with Crippen LogP contribution in [0.2, 0.25) is 5.02 Å². The summed E-state index contributed by atoms with van der Waals surface area (Å²) in [5, 5.41) is 5.62. The van der Waals surface area contributed by atoms with Crippen LogP contribution in [0.3, 0.4) is 0 Å². The Kier molecular flexibility index (Phi) is 2.29. The van der Waals surface area contributed by atoms with E-state index in [0.717, 1.165) is 11.6 Å². The maximum atomic E-state index is 6.12. The van der Waals surface area contributed by atoms with Crippen LogP contribution in [0, 0.1) is 0 Å². The van der Waals surface area contributed by atoms with Crippen LogP contribution < -0.4 is 5.32 Å². The normalized spacial score (nSPS) is 22.7. The molecule has 17 heavy (non-hydrogen) atoms. The van der Waals surface area contributed by atoms with Gasteiger partial charge in [0.15, 0.2) is 0 Å². The van der Waals surface area contributed by atoms with Crippen molar-refractivity contribution >= 4 is 22.5 Å². The molecule has 0 spiro atoms. The maximum Gasteiger partial charge on any atom is 0.0460 e. The predicted octanol–water partition coefficient (Wildman–Crippen LogP) is 3.76. The molecule has 1 aliphatic heterocycles. The number of hydrogen-bond acceptors (Lipinski definition) is 1. The monoisotopic (exact) mass is 248 g/mol. The molecule has 3 heteroatoms. The van der Waals surface area contributed by atoms with E-state index >= 15 is 0 Å². The van der Waals surface area contributed by atoms with Crippen molar-refractivity contribution in [2.45, 2.75) is 32.2 Å². The first kappa shape index (κ1) is 11.1. The number of aromatic amines is 1. The predicted molar refractivity (Wildman–Crippen MR) is 72.8 cm³/mol. The first-order valence-corrected chi connectivity index (χ1v) is 6.42. The van der Waals surface area contributed by atoms with E-state index in [1.54, 1.807) is 0 Å². The van der Waals surface area contributed by atoms with Crippen molar-refractivity contribution < 1.29 is 0 Å². The molecule has 0 saturated heterocycles. The quantitative estimate of drug-likeness (QED) is 0.730. The van der Waals surface area contributed by atoms with Gasteiger partial charge in [0.1, 0.15) is 0 Å². The zero-order valence-electron chi connectivity index (χ0n) is 10.4. The van der Waals surface area contributed by atoms with E-state index in [4.69, 9.17) is 11.6 Å². The molecule has 1 aromatic carbocycles. The molecule has 0 amide bonds. The van der Waals surface area contributed by atoms with Gasteiger partial charge in [-0.05, 0) is 30.7 Å². The van der Waals surface area contributed by atoms with Crippen molar-refractivity contribution in [3.63, 3.8) is 0 Å². The number of fused-ring (bicyclic) bond motifs is 3. The van der Waals surface area contributed by atoms with Gasteiger partial charge in [0, 0.05) is 39.6 Å². The minimum atomic E-state index is 0.144. The van der Waals surface area contributed by atoms with Crippen molar-refractivity contribution in [1.29, 1.82) is 0 Å². The van der Waals surface area contributed by atoms with Gasteiger partial charge >= 0.3 is 0 Å². The van der Waals surface area contributed by atoms with Crippen LogP contribution >= 0.6 is 11.6 Å². The van der Waals surface area contributed by atoms with Gasteiger partial charge in [0.25, 0.3) is 0 Å². The number of hydrogen-bond donors (Lipinski definition) is 2. The van der Waals surface area contributed by atoms with Crippen LogP contribution in [-0.2, 0) is 5.41 Å². The molecule has 1 aromatic heterocycles. The molecule has 0 radical (unpaired) electrons. The van der Waals surface area contributed by atoms with Crippen LogP contribution in [0.4, 0.5) is 0 Å². The van der Waals surface area contributed by atoms with Gasteiger partial charge in [0.2, 0.25) is 0 Å². The Morgan fingerprint density at radius 2 is 2.12 bits per heavy atom. The minimum Gasteiger partial charge on any atom is -0.357 e. The van der Waals surface area contributed by atoms with E-state index in [9.17, 15) is 0 Å². The topological polar surface area (TPSA) is 27.8 Å². The number of nitrogens with one attached hydrogen (secondary N) is 2. The molecule has 2 aromatic rings. The van der Waals surface area contributed by atoms with Gasteiger partial charge in [-0.25, -0.2) is 0 Å². The standard InChI is InChI=1S/C14H17ClN2/c1-8-13-12(14(2,3)7-16-8)10-6-9(15)4-5-11(10)17-13/h4-6,8,16-17H,7H2,1-3H3. The molecule has 0 fully saturated rings. The van der Waals surface area contributed by atoms with E-state index in [2.05, 4.69) is 43.2 Å². The fourth-order valence-corrected chi connectivity index (χ4v) is 3.01. The Balaban J connectivity index is 2.38. The van der Waals surface area contributed by atoms with Crippen molar-refractivity contribution in [1.82, 2.24) is 10.3 Å². The summed E-state index contributed by atoms with van der Waals surface area (Å²) in [5.41, 5.74) is 4.05. The molecule has 2 N–H and O–H groups in total. The van der Waals surface area contributed by atoms with Crippen molar-refractivity contribution in [3.8, 4) is 0 Å². The lowest BCUT2D eigenvalue weighted by molar-refractivity contribution is 0.394. The van der Waals surface area contributed by atoms with Gasteiger partial charge < -0.3 is 10.3 Å². The fraction of sp³-hybridized carbons (Fsp3) is 0.429. The van der Waals surface area contributed by atoms with Crippen LogP contribution in [-0.4, -0.2) is 11.5 Å². The van der Waals surface area contributed by atoms with E-state index < -0.39 is 0 Å². The molecule has 1 atom stereocenters. The number of aromatic nitrogens is 1. The Bertz CT molecular complexity index is 583. The van der Waals surface area contributed by atoms with Gasteiger partial charge in [-0.3, -0.25) is 0 Å². The average Bonchev–Trinajstić information content (AvgIpc) is 2.64. The molecule has 1 aliphatic rings. The summed E-state index contributed by atoms with van der Waals surface area (Å²) in [6.45, 7) is 7.75. The molecule has 0 saturated carbocycles. The van der Waals surface area contributed by atoms with Crippen LogP contribution in [0.1, 0.15) is 38.1 Å². The van der Waals surface area contributed by atoms with Gasteiger partial charge in [-0.2, -0.15) is 0 Å². The Morgan fingerprint density at radius 3 is 2.88 bits per heavy atom. The third-order valence-electron chi connectivity index (χ3n) is 3.75. The molecule has 2 nitrogen and oxygen atoms in total. The summed E-state index contributed by atoms with van der Waals surface area (Å²) in [7, 11) is 0. The lowest BCUT2D eigenvalue weighted by Gasteiger charge is -2.34.